The molecule has 2 aliphatic heterocycles. The highest BCUT2D eigenvalue weighted by atomic mass is 32.1. The molecule has 0 unspecified atom stereocenters. The topological polar surface area (TPSA) is 57.7 Å². The van der Waals surface area contributed by atoms with Crippen LogP contribution < -0.4 is 15.0 Å². The maximum Gasteiger partial charge on any atom is 0.223 e. The van der Waals surface area contributed by atoms with Gasteiger partial charge in [-0.25, -0.2) is 4.98 Å². The number of thiazole rings is 1. The zero-order valence-corrected chi connectivity index (χ0v) is 18.2. The molecule has 1 aromatic heterocycles. The third kappa shape index (κ3) is 5.20. The lowest BCUT2D eigenvalue weighted by Gasteiger charge is -2.31. The number of ether oxygens (including phenoxy) is 1. The highest BCUT2D eigenvalue weighted by Gasteiger charge is 2.26. The second-order valence-corrected chi connectivity index (χ2v) is 9.15. The summed E-state index contributed by atoms with van der Waals surface area (Å²) in [5, 5.41) is 4.23. The normalized spacial score (nSPS) is 19.3. The van der Waals surface area contributed by atoms with Crippen LogP contribution >= 0.6 is 11.3 Å². The van der Waals surface area contributed by atoms with Gasteiger partial charge < -0.3 is 19.9 Å². The van der Waals surface area contributed by atoms with Crippen LogP contribution in [0.4, 0.5) is 5.13 Å². The van der Waals surface area contributed by atoms with Crippen molar-refractivity contribution >= 4 is 32.6 Å². The molecule has 2 aliphatic rings. The van der Waals surface area contributed by atoms with Crippen molar-refractivity contribution in [2.45, 2.75) is 38.5 Å². The summed E-state index contributed by atoms with van der Waals surface area (Å²) in [6.07, 6.45) is 7.09. The van der Waals surface area contributed by atoms with Gasteiger partial charge in [-0.15, -0.1) is 0 Å². The number of anilines is 1. The van der Waals surface area contributed by atoms with Crippen molar-refractivity contribution in [1.82, 2.24) is 15.2 Å². The Morgan fingerprint density at radius 1 is 1.17 bits per heavy atom. The highest BCUT2D eigenvalue weighted by molar-refractivity contribution is 7.22. The van der Waals surface area contributed by atoms with E-state index in [-0.39, 0.29) is 11.8 Å². The second-order valence-electron chi connectivity index (χ2n) is 8.14. The van der Waals surface area contributed by atoms with Crippen molar-refractivity contribution in [3.8, 4) is 5.75 Å². The molecule has 0 spiro atoms. The van der Waals surface area contributed by atoms with Crippen LogP contribution in [0.25, 0.3) is 10.2 Å². The molecule has 7 heteroatoms. The Kier molecular flexibility index (Phi) is 6.87. The molecular formula is C22H32N4O2S. The van der Waals surface area contributed by atoms with E-state index in [4.69, 9.17) is 9.72 Å². The highest BCUT2D eigenvalue weighted by Crippen LogP contribution is 2.33. The standard InChI is InChI=1S/C22H32N4O2S/c1-28-18-6-7-19-20(16-18)29-22(24-19)26-13-8-17(9-14-26)21(27)23-10-15-25-11-4-2-3-5-12-25/h6-7,16-17H,2-5,8-15H2,1H3,(H,23,27). The summed E-state index contributed by atoms with van der Waals surface area (Å²) in [6, 6.07) is 6.01. The Balaban J connectivity index is 1.24. The van der Waals surface area contributed by atoms with Crippen molar-refractivity contribution in [2.75, 3.05) is 51.3 Å². The van der Waals surface area contributed by atoms with Crippen LogP contribution in [0.1, 0.15) is 38.5 Å². The number of methoxy groups -OCH3 is 1. The van der Waals surface area contributed by atoms with Crippen LogP contribution in [0.2, 0.25) is 0 Å². The summed E-state index contributed by atoms with van der Waals surface area (Å²) in [7, 11) is 1.69. The molecule has 6 nitrogen and oxygen atoms in total. The molecule has 0 atom stereocenters. The third-order valence-electron chi connectivity index (χ3n) is 6.15. The van der Waals surface area contributed by atoms with Crippen LogP contribution in [-0.2, 0) is 4.79 Å². The number of carbonyl (C=O) groups excluding carboxylic acids is 1. The molecule has 2 fully saturated rings. The molecule has 1 amide bonds. The summed E-state index contributed by atoms with van der Waals surface area (Å²) < 4.78 is 6.46. The van der Waals surface area contributed by atoms with Gasteiger partial charge in [-0.05, 0) is 57.0 Å². The van der Waals surface area contributed by atoms with E-state index in [1.165, 1.54) is 38.8 Å². The molecule has 3 heterocycles. The minimum absolute atomic E-state index is 0.129. The number of aromatic nitrogens is 1. The van der Waals surface area contributed by atoms with E-state index in [2.05, 4.69) is 15.1 Å². The van der Waals surface area contributed by atoms with Gasteiger partial charge in [-0.3, -0.25) is 4.79 Å². The number of carbonyl (C=O) groups is 1. The smallest absolute Gasteiger partial charge is 0.223 e. The lowest BCUT2D eigenvalue weighted by molar-refractivity contribution is -0.125. The number of benzene rings is 1. The van der Waals surface area contributed by atoms with Crippen molar-refractivity contribution in [3.05, 3.63) is 18.2 Å². The molecule has 0 radical (unpaired) electrons. The largest absolute Gasteiger partial charge is 0.497 e. The molecule has 1 aromatic carbocycles. The zero-order chi connectivity index (χ0) is 20.1. The van der Waals surface area contributed by atoms with Crippen molar-refractivity contribution in [3.63, 3.8) is 0 Å². The predicted octanol–water partition coefficient (Wildman–Crippen LogP) is 3.51. The average molecular weight is 417 g/mol. The monoisotopic (exact) mass is 416 g/mol. The predicted molar refractivity (Wildman–Crippen MR) is 119 cm³/mol. The molecule has 158 valence electrons. The van der Waals surface area contributed by atoms with Gasteiger partial charge in [0.15, 0.2) is 5.13 Å². The molecule has 2 aromatic rings. The number of likely N-dealkylation sites (tertiary alicyclic amines) is 1. The minimum Gasteiger partial charge on any atom is -0.497 e. The van der Waals surface area contributed by atoms with E-state index in [1.807, 2.05) is 18.2 Å². The van der Waals surface area contributed by atoms with E-state index in [0.717, 1.165) is 60.1 Å². The van der Waals surface area contributed by atoms with Gasteiger partial charge >= 0.3 is 0 Å². The molecule has 2 saturated heterocycles. The third-order valence-corrected chi connectivity index (χ3v) is 7.23. The number of fused-ring (bicyclic) bond motifs is 1. The Bertz CT molecular complexity index is 808. The lowest BCUT2D eigenvalue weighted by Crippen LogP contribution is -2.42. The zero-order valence-electron chi connectivity index (χ0n) is 17.4. The maximum atomic E-state index is 12.6. The number of piperidine rings is 1. The molecule has 0 bridgehead atoms. The van der Waals surface area contributed by atoms with Crippen LogP contribution in [0.3, 0.4) is 0 Å². The van der Waals surface area contributed by atoms with Gasteiger partial charge in [0.2, 0.25) is 5.91 Å². The SMILES string of the molecule is COc1ccc2nc(N3CCC(C(=O)NCCN4CCCCCC4)CC3)sc2c1. The fourth-order valence-electron chi connectivity index (χ4n) is 4.33. The number of nitrogens with one attached hydrogen (secondary N) is 1. The van der Waals surface area contributed by atoms with E-state index in [9.17, 15) is 4.79 Å². The van der Waals surface area contributed by atoms with Gasteiger partial charge in [0.25, 0.3) is 0 Å². The first kappa shape index (κ1) is 20.4. The first-order valence-corrected chi connectivity index (χ1v) is 11.7. The number of amides is 1. The fourth-order valence-corrected chi connectivity index (χ4v) is 5.38. The molecule has 4 rings (SSSR count). The Morgan fingerprint density at radius 3 is 2.66 bits per heavy atom. The van der Waals surface area contributed by atoms with Gasteiger partial charge in [-0.1, -0.05) is 24.2 Å². The van der Waals surface area contributed by atoms with Crippen molar-refractivity contribution in [2.24, 2.45) is 5.92 Å². The average Bonchev–Trinajstić information content (AvgIpc) is 3.01. The van der Waals surface area contributed by atoms with Crippen LogP contribution in [0.5, 0.6) is 5.75 Å². The summed E-state index contributed by atoms with van der Waals surface area (Å²) >= 11 is 1.70. The van der Waals surface area contributed by atoms with E-state index >= 15 is 0 Å². The Hall–Kier alpha value is -1.86. The number of hydrogen-bond acceptors (Lipinski definition) is 6. The second kappa shape index (κ2) is 9.76. The first-order chi connectivity index (χ1) is 14.2. The first-order valence-electron chi connectivity index (χ1n) is 10.9. The molecular weight excluding hydrogens is 384 g/mol. The molecule has 1 N–H and O–H groups in total. The number of nitrogens with zero attached hydrogens (tertiary/aromatic N) is 3. The van der Waals surface area contributed by atoms with Crippen LogP contribution in [0.15, 0.2) is 18.2 Å². The van der Waals surface area contributed by atoms with Gasteiger partial charge in [0.05, 0.1) is 17.3 Å². The fraction of sp³-hybridized carbons (Fsp3) is 0.636. The van der Waals surface area contributed by atoms with E-state index in [0.29, 0.717) is 0 Å². The van der Waals surface area contributed by atoms with Crippen molar-refractivity contribution < 1.29 is 9.53 Å². The van der Waals surface area contributed by atoms with Gasteiger partial charge in [-0.2, -0.15) is 0 Å². The molecule has 0 aliphatic carbocycles. The minimum atomic E-state index is 0.129. The van der Waals surface area contributed by atoms with Crippen LogP contribution in [-0.4, -0.2) is 62.2 Å². The Morgan fingerprint density at radius 2 is 1.93 bits per heavy atom. The summed E-state index contributed by atoms with van der Waals surface area (Å²) in [5.41, 5.74) is 1.01. The molecule has 0 saturated carbocycles. The Labute approximate surface area is 177 Å². The summed E-state index contributed by atoms with van der Waals surface area (Å²) in [5.74, 6) is 1.22. The maximum absolute atomic E-state index is 12.6. The summed E-state index contributed by atoms with van der Waals surface area (Å²) in [6.45, 7) is 5.91. The molecule has 29 heavy (non-hydrogen) atoms. The number of rotatable bonds is 6. The lowest BCUT2D eigenvalue weighted by atomic mass is 9.96. The summed E-state index contributed by atoms with van der Waals surface area (Å²) in [4.78, 5) is 22.2. The van der Waals surface area contributed by atoms with Crippen LogP contribution in [0, 0.1) is 5.92 Å². The van der Waals surface area contributed by atoms with E-state index < -0.39 is 0 Å². The quantitative estimate of drug-likeness (QED) is 0.781. The van der Waals surface area contributed by atoms with Crippen molar-refractivity contribution in [1.29, 1.82) is 0 Å². The van der Waals surface area contributed by atoms with Gasteiger partial charge in [0, 0.05) is 32.1 Å². The number of hydrogen-bond donors (Lipinski definition) is 1. The van der Waals surface area contributed by atoms with Gasteiger partial charge in [0.1, 0.15) is 5.75 Å². The van der Waals surface area contributed by atoms with E-state index in [1.54, 1.807) is 18.4 Å².